The second-order valence-corrected chi connectivity index (χ2v) is 5.50. The molecule has 19 heavy (non-hydrogen) atoms. The Labute approximate surface area is 120 Å². The van der Waals surface area contributed by atoms with Crippen molar-refractivity contribution in [3.05, 3.63) is 27.5 Å². The molecule has 0 bridgehead atoms. The number of thiazole rings is 1. The molecule has 2 rings (SSSR count). The number of nitrogen functional groups attached to an aromatic ring is 1. The molecule has 0 aliphatic carbocycles. The van der Waals surface area contributed by atoms with E-state index in [0.29, 0.717) is 22.4 Å². The van der Waals surface area contributed by atoms with Gasteiger partial charge in [-0.2, -0.15) is 5.10 Å². The smallest absolute Gasteiger partial charge is 0.180 e. The number of carbonyl (C=O) groups is 1. The van der Waals surface area contributed by atoms with Crippen LogP contribution in [0.3, 0.4) is 0 Å². The second kappa shape index (κ2) is 5.71. The average Bonchev–Trinajstić information content (AvgIpc) is 2.87. The van der Waals surface area contributed by atoms with E-state index in [0.717, 1.165) is 11.4 Å². The molecule has 2 aromatic rings. The molecule has 0 atom stereocenters. The van der Waals surface area contributed by atoms with Gasteiger partial charge < -0.3 is 5.73 Å². The van der Waals surface area contributed by atoms with Crippen molar-refractivity contribution in [2.45, 2.75) is 33.2 Å². The van der Waals surface area contributed by atoms with Crippen LogP contribution in [-0.4, -0.2) is 20.5 Å². The molecular formula is C12H15ClN4OS. The first-order chi connectivity index (χ1) is 9.01. The van der Waals surface area contributed by atoms with E-state index >= 15 is 0 Å². The maximum Gasteiger partial charge on any atom is 0.180 e. The number of Topliss-reactive ketones (excluding diaryl/α,β-unsaturated/α-hetero) is 1. The van der Waals surface area contributed by atoms with Crippen LogP contribution >= 0.6 is 22.9 Å². The van der Waals surface area contributed by atoms with E-state index in [2.05, 4.69) is 10.1 Å². The lowest BCUT2D eigenvalue weighted by Crippen LogP contribution is -2.12. The van der Waals surface area contributed by atoms with Crippen LogP contribution in [-0.2, 0) is 24.2 Å². The third kappa shape index (κ3) is 3.13. The highest BCUT2D eigenvalue weighted by molar-refractivity contribution is 7.13. The highest BCUT2D eigenvalue weighted by Crippen LogP contribution is 2.21. The van der Waals surface area contributed by atoms with Gasteiger partial charge in [0.05, 0.1) is 34.9 Å². The summed E-state index contributed by atoms with van der Waals surface area (Å²) in [7, 11) is 0. The van der Waals surface area contributed by atoms with Gasteiger partial charge in [0.25, 0.3) is 0 Å². The molecule has 102 valence electrons. The number of aromatic nitrogens is 3. The lowest BCUT2D eigenvalue weighted by atomic mass is 10.1. The van der Waals surface area contributed by atoms with Gasteiger partial charge in [-0.15, -0.1) is 11.3 Å². The number of rotatable bonds is 5. The number of nitrogens with two attached hydrogens (primary N) is 1. The predicted octanol–water partition coefficient (Wildman–Crippen LogP) is 2.26. The zero-order chi connectivity index (χ0) is 14.0. The molecule has 5 nitrogen and oxygen atoms in total. The summed E-state index contributed by atoms with van der Waals surface area (Å²) in [4.78, 5) is 16.1. The van der Waals surface area contributed by atoms with Crippen molar-refractivity contribution in [3.63, 3.8) is 0 Å². The fourth-order valence-corrected chi connectivity index (χ4v) is 2.66. The van der Waals surface area contributed by atoms with E-state index in [-0.39, 0.29) is 18.6 Å². The summed E-state index contributed by atoms with van der Waals surface area (Å²) < 4.78 is 1.77. The topological polar surface area (TPSA) is 73.8 Å². The molecule has 0 saturated heterocycles. The molecule has 2 aromatic heterocycles. The SMILES string of the molecule is CCn1nc(C)c(Cl)c1CC(=O)Cc1csc(N)n1. The minimum atomic E-state index is 0.0572. The predicted molar refractivity (Wildman–Crippen MR) is 76.6 cm³/mol. The van der Waals surface area contributed by atoms with E-state index in [9.17, 15) is 4.79 Å². The van der Waals surface area contributed by atoms with Crippen molar-refractivity contribution in [2.24, 2.45) is 0 Å². The molecule has 0 saturated carbocycles. The summed E-state index contributed by atoms with van der Waals surface area (Å²) in [6.45, 7) is 4.50. The van der Waals surface area contributed by atoms with Crippen molar-refractivity contribution in [1.82, 2.24) is 14.8 Å². The van der Waals surface area contributed by atoms with E-state index in [1.54, 1.807) is 10.1 Å². The minimum absolute atomic E-state index is 0.0572. The van der Waals surface area contributed by atoms with Crippen molar-refractivity contribution in [1.29, 1.82) is 0 Å². The van der Waals surface area contributed by atoms with Crippen LogP contribution in [0.5, 0.6) is 0 Å². The van der Waals surface area contributed by atoms with E-state index in [1.807, 2.05) is 13.8 Å². The Hall–Kier alpha value is -1.40. The first-order valence-corrected chi connectivity index (χ1v) is 7.20. The van der Waals surface area contributed by atoms with Crippen molar-refractivity contribution in [2.75, 3.05) is 5.73 Å². The van der Waals surface area contributed by atoms with Crippen LogP contribution in [0.15, 0.2) is 5.38 Å². The summed E-state index contributed by atoms with van der Waals surface area (Å²) in [6.07, 6.45) is 0.545. The molecule has 0 aliphatic heterocycles. The Morgan fingerprint density at radius 1 is 1.53 bits per heavy atom. The average molecular weight is 299 g/mol. The van der Waals surface area contributed by atoms with Gasteiger partial charge in [-0.3, -0.25) is 9.48 Å². The second-order valence-electron chi connectivity index (χ2n) is 4.23. The molecule has 0 amide bonds. The maximum atomic E-state index is 12.0. The molecule has 0 radical (unpaired) electrons. The fraction of sp³-hybridized carbons (Fsp3) is 0.417. The molecule has 0 aromatic carbocycles. The zero-order valence-corrected chi connectivity index (χ0v) is 12.4. The van der Waals surface area contributed by atoms with Crippen molar-refractivity contribution in [3.8, 4) is 0 Å². The number of hydrogen-bond donors (Lipinski definition) is 1. The third-order valence-electron chi connectivity index (χ3n) is 2.77. The van der Waals surface area contributed by atoms with E-state index in [4.69, 9.17) is 17.3 Å². The quantitative estimate of drug-likeness (QED) is 0.919. The summed E-state index contributed by atoms with van der Waals surface area (Å²) in [6, 6.07) is 0. The molecule has 0 aliphatic rings. The summed E-state index contributed by atoms with van der Waals surface area (Å²) in [5, 5.41) is 7.15. The number of aryl methyl sites for hydroxylation is 2. The van der Waals surface area contributed by atoms with Gasteiger partial charge in [-0.05, 0) is 13.8 Å². The number of carbonyl (C=O) groups excluding carboxylic acids is 1. The van der Waals surface area contributed by atoms with Gasteiger partial charge in [0.15, 0.2) is 5.13 Å². The summed E-state index contributed by atoms with van der Waals surface area (Å²) >= 11 is 7.51. The highest BCUT2D eigenvalue weighted by Gasteiger charge is 2.16. The van der Waals surface area contributed by atoms with Crippen LogP contribution < -0.4 is 5.73 Å². The molecule has 0 fully saturated rings. The van der Waals surface area contributed by atoms with Gasteiger partial charge in [0, 0.05) is 11.9 Å². The molecule has 7 heteroatoms. The maximum absolute atomic E-state index is 12.0. The first kappa shape index (κ1) is 14.0. The molecule has 2 heterocycles. The molecular weight excluding hydrogens is 284 g/mol. The Morgan fingerprint density at radius 2 is 2.26 bits per heavy atom. The zero-order valence-electron chi connectivity index (χ0n) is 10.8. The molecule has 0 spiro atoms. The standard InChI is InChI=1S/C12H15ClN4OS/c1-3-17-10(11(13)7(2)16-17)5-9(18)4-8-6-19-12(14)15-8/h6H,3-5H2,1-2H3,(H2,14,15). The van der Waals surface area contributed by atoms with Gasteiger partial charge in [-0.1, -0.05) is 11.6 Å². The number of halogens is 1. The van der Waals surface area contributed by atoms with E-state index in [1.165, 1.54) is 11.3 Å². The Kier molecular flexibility index (Phi) is 4.21. The number of hydrogen-bond acceptors (Lipinski definition) is 5. The Balaban J connectivity index is 2.10. The van der Waals surface area contributed by atoms with Gasteiger partial charge in [0.2, 0.25) is 0 Å². The number of anilines is 1. The van der Waals surface area contributed by atoms with Crippen LogP contribution in [0.1, 0.15) is 24.0 Å². The number of ketones is 1. The van der Waals surface area contributed by atoms with Crippen molar-refractivity contribution < 1.29 is 4.79 Å². The van der Waals surface area contributed by atoms with Crippen LogP contribution in [0.2, 0.25) is 5.02 Å². The van der Waals surface area contributed by atoms with Gasteiger partial charge in [-0.25, -0.2) is 4.98 Å². The lowest BCUT2D eigenvalue weighted by molar-refractivity contribution is -0.117. The van der Waals surface area contributed by atoms with Gasteiger partial charge in [0.1, 0.15) is 5.78 Å². The van der Waals surface area contributed by atoms with Crippen molar-refractivity contribution >= 4 is 33.9 Å². The van der Waals surface area contributed by atoms with Gasteiger partial charge >= 0.3 is 0 Å². The summed E-state index contributed by atoms with van der Waals surface area (Å²) in [5.41, 5.74) is 7.78. The lowest BCUT2D eigenvalue weighted by Gasteiger charge is -2.04. The highest BCUT2D eigenvalue weighted by atomic mass is 35.5. The first-order valence-electron chi connectivity index (χ1n) is 5.94. The van der Waals surface area contributed by atoms with Crippen LogP contribution in [0.4, 0.5) is 5.13 Å². The third-order valence-corrected chi connectivity index (χ3v) is 3.98. The largest absolute Gasteiger partial charge is 0.375 e. The fourth-order valence-electron chi connectivity index (χ4n) is 1.89. The summed E-state index contributed by atoms with van der Waals surface area (Å²) in [5.74, 6) is 0.0572. The van der Waals surface area contributed by atoms with E-state index < -0.39 is 0 Å². The normalized spacial score (nSPS) is 10.9. The Bertz CT molecular complexity index is 605. The van der Waals surface area contributed by atoms with Crippen LogP contribution in [0, 0.1) is 6.92 Å². The minimum Gasteiger partial charge on any atom is -0.375 e. The molecule has 2 N–H and O–H groups in total. The Morgan fingerprint density at radius 3 is 2.84 bits per heavy atom. The molecule has 0 unspecified atom stereocenters. The number of nitrogens with zero attached hydrogens (tertiary/aromatic N) is 3. The monoisotopic (exact) mass is 298 g/mol. The van der Waals surface area contributed by atoms with Crippen LogP contribution in [0.25, 0.3) is 0 Å².